The van der Waals surface area contributed by atoms with E-state index in [1.807, 2.05) is 22.6 Å². The van der Waals surface area contributed by atoms with Gasteiger partial charge in [0.05, 0.1) is 0 Å². The number of nitrogens with zero attached hydrogens (tertiary/aromatic N) is 3. The molecule has 0 fully saturated rings. The van der Waals surface area contributed by atoms with Crippen molar-refractivity contribution >= 4 is 45.2 Å². The Morgan fingerprint density at radius 1 is 1.36 bits per heavy atom. The average Bonchev–Trinajstić information content (AvgIpc) is 2.07. The fourth-order valence-corrected chi connectivity index (χ4v) is 0.907. The Hall–Kier alpha value is -0.440. The number of hydrogen-bond donors (Lipinski definition) is 0. The van der Waals surface area contributed by atoms with Gasteiger partial charge in [-0.2, -0.15) is 13.2 Å². The first-order valence-electron chi connectivity index (χ1n) is 3.20. The van der Waals surface area contributed by atoms with E-state index in [0.29, 0.717) is 3.70 Å². The molecule has 1 rings (SSSR count). The minimum atomic E-state index is -4.65. The maximum Gasteiger partial charge on any atom is 0.444 e. The Balaban J connectivity index is 2.93. The summed E-state index contributed by atoms with van der Waals surface area (Å²) in [6.07, 6.45) is -4.65. The normalized spacial score (nSPS) is 13.1. The van der Waals surface area contributed by atoms with Crippen LogP contribution in [0.15, 0.2) is 17.1 Å². The number of aliphatic imine (C=N–C) groups is 1. The number of alkyl halides is 3. The van der Waals surface area contributed by atoms with E-state index in [1.165, 1.54) is 12.1 Å². The van der Waals surface area contributed by atoms with Crippen LogP contribution in [0.3, 0.4) is 0 Å². The van der Waals surface area contributed by atoms with Crippen molar-refractivity contribution in [2.75, 3.05) is 0 Å². The molecule has 0 bridgehead atoms. The molecule has 1 aromatic rings. The minimum Gasteiger partial charge on any atom is -0.210 e. The monoisotopic (exact) mass is 335 g/mol. The molecule has 0 amide bonds. The van der Waals surface area contributed by atoms with Gasteiger partial charge in [0.15, 0.2) is 5.82 Å². The summed E-state index contributed by atoms with van der Waals surface area (Å²) in [4.78, 5) is 3.05. The maximum absolute atomic E-state index is 11.9. The topological polar surface area (TPSA) is 38.1 Å². The van der Waals surface area contributed by atoms with Gasteiger partial charge in [0.2, 0.25) is 5.17 Å². The van der Waals surface area contributed by atoms with Crippen LogP contribution in [0.2, 0.25) is 0 Å². The first-order chi connectivity index (χ1) is 6.39. The molecule has 0 aliphatic carbocycles. The van der Waals surface area contributed by atoms with Crippen molar-refractivity contribution in [3.8, 4) is 0 Å². The van der Waals surface area contributed by atoms with Gasteiger partial charge in [0.1, 0.15) is 3.70 Å². The Morgan fingerprint density at radius 2 is 2.00 bits per heavy atom. The smallest absolute Gasteiger partial charge is 0.210 e. The summed E-state index contributed by atoms with van der Waals surface area (Å²) in [6, 6.07) is 2.77. The summed E-state index contributed by atoms with van der Waals surface area (Å²) < 4.78 is 36.3. The molecule has 1 heterocycles. The predicted octanol–water partition coefficient (Wildman–Crippen LogP) is 2.91. The molecule has 1 aromatic heterocycles. The fourth-order valence-electron chi connectivity index (χ4n) is 0.533. The largest absolute Gasteiger partial charge is 0.444 e. The zero-order valence-corrected chi connectivity index (χ0v) is 9.30. The van der Waals surface area contributed by atoms with Crippen LogP contribution in [0.1, 0.15) is 0 Å². The number of hydrogen-bond acceptors (Lipinski definition) is 3. The third-order valence-corrected chi connectivity index (χ3v) is 1.94. The second-order valence-corrected chi connectivity index (χ2v) is 3.58. The van der Waals surface area contributed by atoms with Crippen molar-refractivity contribution in [2.45, 2.75) is 6.18 Å². The van der Waals surface area contributed by atoms with E-state index in [0.717, 1.165) is 0 Å². The summed E-state index contributed by atoms with van der Waals surface area (Å²) in [6.45, 7) is 0. The summed E-state index contributed by atoms with van der Waals surface area (Å²) in [5.74, 6) is -0.173. The van der Waals surface area contributed by atoms with Crippen molar-refractivity contribution < 1.29 is 13.2 Å². The SMILES string of the molecule is FC(F)(F)C(Cl)=Nc1ccc(I)nn1. The van der Waals surface area contributed by atoms with E-state index >= 15 is 0 Å². The third kappa shape index (κ3) is 3.37. The standard InChI is InChI=1S/C6H2ClF3IN3/c7-5(6(8,9)10)12-4-2-1-3(11)13-14-4/h1-2H. The maximum atomic E-state index is 11.9. The molecule has 0 radical (unpaired) electrons. The summed E-state index contributed by atoms with van der Waals surface area (Å²) in [5.41, 5.74) is 0. The lowest BCUT2D eigenvalue weighted by Crippen LogP contribution is -2.16. The molecule has 0 atom stereocenters. The highest BCUT2D eigenvalue weighted by atomic mass is 127. The van der Waals surface area contributed by atoms with Gasteiger partial charge >= 0.3 is 6.18 Å². The van der Waals surface area contributed by atoms with Crippen LogP contribution in [0.5, 0.6) is 0 Å². The third-order valence-electron chi connectivity index (χ3n) is 1.06. The summed E-state index contributed by atoms with van der Waals surface area (Å²) in [5, 5.41) is 5.46. The van der Waals surface area contributed by atoms with Crippen LogP contribution >= 0.6 is 34.2 Å². The molecule has 0 spiro atoms. The van der Waals surface area contributed by atoms with Crippen molar-refractivity contribution in [1.29, 1.82) is 0 Å². The average molecular weight is 335 g/mol. The molecule has 0 aromatic carbocycles. The van der Waals surface area contributed by atoms with E-state index < -0.39 is 11.3 Å². The molecule has 0 saturated carbocycles. The van der Waals surface area contributed by atoms with Gasteiger partial charge < -0.3 is 0 Å². The second-order valence-electron chi connectivity index (χ2n) is 2.11. The molecule has 0 unspecified atom stereocenters. The lowest BCUT2D eigenvalue weighted by atomic mass is 10.5. The predicted molar refractivity (Wildman–Crippen MR) is 53.8 cm³/mol. The minimum absolute atomic E-state index is 0.173. The van der Waals surface area contributed by atoms with Crippen LogP contribution in [0.25, 0.3) is 0 Å². The number of aromatic nitrogens is 2. The van der Waals surface area contributed by atoms with Crippen molar-refractivity contribution in [3.63, 3.8) is 0 Å². The molecular formula is C6H2ClF3IN3. The molecule has 0 aliphatic rings. The van der Waals surface area contributed by atoms with Crippen LogP contribution in [-0.2, 0) is 0 Å². The van der Waals surface area contributed by atoms with Crippen molar-refractivity contribution in [2.24, 2.45) is 4.99 Å². The van der Waals surface area contributed by atoms with E-state index in [4.69, 9.17) is 11.6 Å². The number of rotatable bonds is 1. The zero-order chi connectivity index (χ0) is 10.8. The van der Waals surface area contributed by atoms with Crippen molar-refractivity contribution in [1.82, 2.24) is 10.2 Å². The molecule has 8 heteroatoms. The van der Waals surface area contributed by atoms with Crippen LogP contribution in [0, 0.1) is 3.70 Å². The molecule has 0 aliphatic heterocycles. The van der Waals surface area contributed by atoms with Crippen LogP contribution in [0.4, 0.5) is 19.0 Å². The van der Waals surface area contributed by atoms with Crippen molar-refractivity contribution in [3.05, 3.63) is 15.8 Å². The van der Waals surface area contributed by atoms with Gasteiger partial charge in [0.25, 0.3) is 0 Å². The Morgan fingerprint density at radius 3 is 2.43 bits per heavy atom. The molecule has 0 N–H and O–H groups in total. The zero-order valence-electron chi connectivity index (χ0n) is 6.39. The highest BCUT2D eigenvalue weighted by molar-refractivity contribution is 14.1. The van der Waals surface area contributed by atoms with Gasteiger partial charge in [0, 0.05) is 0 Å². The van der Waals surface area contributed by atoms with Gasteiger partial charge in [-0.15, -0.1) is 10.2 Å². The first-order valence-corrected chi connectivity index (χ1v) is 4.66. The Bertz CT molecular complexity index is 348. The lowest BCUT2D eigenvalue weighted by Gasteiger charge is -2.01. The summed E-state index contributed by atoms with van der Waals surface area (Å²) >= 11 is 6.76. The van der Waals surface area contributed by atoms with E-state index in [1.54, 1.807) is 0 Å². The molecule has 14 heavy (non-hydrogen) atoms. The van der Waals surface area contributed by atoms with Gasteiger partial charge in [-0.3, -0.25) is 0 Å². The highest BCUT2D eigenvalue weighted by Gasteiger charge is 2.34. The molecule has 3 nitrogen and oxygen atoms in total. The van der Waals surface area contributed by atoms with Gasteiger partial charge in [-0.25, -0.2) is 4.99 Å². The number of halogens is 5. The molecular weight excluding hydrogens is 333 g/mol. The molecule has 0 saturated heterocycles. The van der Waals surface area contributed by atoms with Crippen LogP contribution in [-0.4, -0.2) is 21.5 Å². The quantitative estimate of drug-likeness (QED) is 0.585. The highest BCUT2D eigenvalue weighted by Crippen LogP contribution is 2.22. The van der Waals surface area contributed by atoms with E-state index in [-0.39, 0.29) is 5.82 Å². The van der Waals surface area contributed by atoms with Crippen LogP contribution < -0.4 is 0 Å². The first kappa shape index (κ1) is 11.6. The van der Waals surface area contributed by atoms with Gasteiger partial charge in [-0.1, -0.05) is 11.6 Å². The Kier molecular flexibility index (Phi) is 3.65. The van der Waals surface area contributed by atoms with Gasteiger partial charge in [-0.05, 0) is 34.7 Å². The summed E-state index contributed by atoms with van der Waals surface area (Å²) in [7, 11) is 0. The Labute approximate surface area is 95.5 Å². The second kappa shape index (κ2) is 4.39. The van der Waals surface area contributed by atoms with E-state index in [2.05, 4.69) is 15.2 Å². The van der Waals surface area contributed by atoms with E-state index in [9.17, 15) is 13.2 Å². The molecule has 76 valence electrons. The fraction of sp³-hybridized carbons (Fsp3) is 0.167. The lowest BCUT2D eigenvalue weighted by molar-refractivity contribution is -0.0558.